The van der Waals surface area contributed by atoms with Crippen LogP contribution in [0.4, 0.5) is 0 Å². The maximum Gasteiger partial charge on any atom is 0.254 e. The van der Waals surface area contributed by atoms with Crippen LogP contribution in [0, 0.1) is 6.92 Å². The first-order chi connectivity index (χ1) is 11.1. The number of carbonyl (C=O) groups is 1. The summed E-state index contributed by atoms with van der Waals surface area (Å²) in [4.78, 5) is 13.6. The van der Waals surface area contributed by atoms with Crippen LogP contribution in [0.2, 0.25) is 0 Å². The zero-order valence-corrected chi connectivity index (χ0v) is 13.8. The Balaban J connectivity index is 2.16. The van der Waals surface area contributed by atoms with Gasteiger partial charge in [-0.25, -0.2) is 4.21 Å². The summed E-state index contributed by atoms with van der Waals surface area (Å²) < 4.78 is 14.5. The van der Waals surface area contributed by atoms with Crippen LogP contribution in [-0.4, -0.2) is 14.7 Å². The molecule has 0 bridgehead atoms. The Bertz CT molecular complexity index is 920. The summed E-state index contributed by atoms with van der Waals surface area (Å²) in [5.74, 6) is -0.143. The number of fused-ring (bicyclic) bond motifs is 1. The van der Waals surface area contributed by atoms with Crippen molar-refractivity contribution in [2.75, 3.05) is 0 Å². The van der Waals surface area contributed by atoms with Gasteiger partial charge in [-0.2, -0.15) is 0 Å². The lowest BCUT2D eigenvalue weighted by atomic mass is 10.2. The number of para-hydroxylation sites is 1. The first-order valence-electron chi connectivity index (χ1n) is 7.37. The number of nitrogens with zero attached hydrogens (tertiary/aromatic N) is 1. The molecule has 3 rings (SSSR count). The molecule has 0 fully saturated rings. The molecule has 0 saturated carbocycles. The molecule has 0 aliphatic heterocycles. The summed E-state index contributed by atoms with van der Waals surface area (Å²) in [5, 5.41) is 0.837. The Hall–Kier alpha value is -2.46. The minimum atomic E-state index is -1.33. The van der Waals surface area contributed by atoms with Gasteiger partial charge in [0.25, 0.3) is 5.91 Å². The lowest BCUT2D eigenvalue weighted by Crippen LogP contribution is -2.05. The Morgan fingerprint density at radius 3 is 2.48 bits per heavy atom. The lowest BCUT2D eigenvalue weighted by molar-refractivity contribution is 0.0973. The second kappa shape index (κ2) is 6.34. The van der Waals surface area contributed by atoms with Crippen molar-refractivity contribution in [2.45, 2.75) is 23.6 Å². The molecule has 23 heavy (non-hydrogen) atoms. The van der Waals surface area contributed by atoms with Crippen LogP contribution in [0.1, 0.15) is 17.3 Å². The molecule has 0 spiro atoms. The molecule has 3 nitrogen and oxygen atoms in total. The molecule has 3 aromatic rings. The number of carbonyl (C=O) groups excluding carboxylic acids is 1. The molecule has 1 atom stereocenters. The fraction of sp³-hybridized carbons (Fsp3) is 0.105. The molecule has 0 N–H and O–H groups in total. The van der Waals surface area contributed by atoms with Crippen LogP contribution in [0.5, 0.6) is 0 Å². The number of hydrogen-bond acceptors (Lipinski definition) is 2. The Kier molecular flexibility index (Phi) is 4.26. The minimum Gasteiger partial charge on any atom is -0.282 e. The molecule has 1 heterocycles. The lowest BCUT2D eigenvalue weighted by Gasteiger charge is -2.01. The molecular weight excluding hydrogens is 306 g/mol. The average molecular weight is 323 g/mol. The van der Waals surface area contributed by atoms with Crippen molar-refractivity contribution in [3.8, 4) is 0 Å². The van der Waals surface area contributed by atoms with Gasteiger partial charge in [0.05, 0.1) is 21.2 Å². The molecule has 116 valence electrons. The number of hydrogen-bond donors (Lipinski definition) is 0. The van der Waals surface area contributed by atoms with Crippen LogP contribution in [0.15, 0.2) is 76.7 Å². The van der Waals surface area contributed by atoms with E-state index in [1.54, 1.807) is 23.8 Å². The monoisotopic (exact) mass is 323 g/mol. The van der Waals surface area contributed by atoms with Crippen molar-refractivity contribution in [2.24, 2.45) is 0 Å². The third-order valence-corrected chi connectivity index (χ3v) is 5.08. The van der Waals surface area contributed by atoms with Crippen LogP contribution in [0.25, 0.3) is 10.9 Å². The minimum absolute atomic E-state index is 0.143. The van der Waals surface area contributed by atoms with Gasteiger partial charge in [-0.1, -0.05) is 42.0 Å². The highest BCUT2D eigenvalue weighted by Crippen LogP contribution is 2.27. The Morgan fingerprint density at radius 1 is 1.09 bits per heavy atom. The van der Waals surface area contributed by atoms with Crippen LogP contribution in [-0.2, 0) is 10.8 Å². The quantitative estimate of drug-likeness (QED) is 0.673. The van der Waals surface area contributed by atoms with E-state index in [1.807, 2.05) is 55.5 Å². The standard InChI is InChI=1S/C19H17NO2S/c1-3-6-19(21)20-13-18(16-7-4-5-8-17(16)20)23(22)15-11-9-14(2)10-12-15/h3-13H,1-2H3/b6-3+/t23-/m0/s1. The zero-order chi connectivity index (χ0) is 16.4. The number of aryl methyl sites for hydroxylation is 1. The van der Waals surface area contributed by atoms with Crippen LogP contribution < -0.4 is 0 Å². The number of allylic oxidation sites excluding steroid dienone is 2. The van der Waals surface area contributed by atoms with Gasteiger partial charge in [-0.3, -0.25) is 9.36 Å². The smallest absolute Gasteiger partial charge is 0.254 e. The van der Waals surface area contributed by atoms with Gasteiger partial charge in [0.15, 0.2) is 0 Å². The van der Waals surface area contributed by atoms with Gasteiger partial charge in [-0.05, 0) is 38.1 Å². The summed E-state index contributed by atoms with van der Waals surface area (Å²) in [7, 11) is -1.33. The van der Waals surface area contributed by atoms with Crippen molar-refractivity contribution in [3.63, 3.8) is 0 Å². The largest absolute Gasteiger partial charge is 0.282 e. The Labute approximate surface area is 137 Å². The molecule has 0 radical (unpaired) electrons. The topological polar surface area (TPSA) is 39.1 Å². The van der Waals surface area contributed by atoms with Gasteiger partial charge in [0.1, 0.15) is 0 Å². The van der Waals surface area contributed by atoms with E-state index < -0.39 is 10.8 Å². The summed E-state index contributed by atoms with van der Waals surface area (Å²) in [6.45, 7) is 3.79. The molecule has 0 amide bonds. The predicted molar refractivity (Wildman–Crippen MR) is 93.2 cm³/mol. The Morgan fingerprint density at radius 2 is 1.78 bits per heavy atom. The normalized spacial score (nSPS) is 12.8. The molecule has 2 aromatic carbocycles. The van der Waals surface area contributed by atoms with E-state index in [2.05, 4.69) is 0 Å². The van der Waals surface area contributed by atoms with E-state index >= 15 is 0 Å². The molecular formula is C19H17NO2S. The van der Waals surface area contributed by atoms with Crippen molar-refractivity contribution in [1.82, 2.24) is 4.57 Å². The number of aromatic nitrogens is 1. The van der Waals surface area contributed by atoms with Crippen LogP contribution in [0.3, 0.4) is 0 Å². The van der Waals surface area contributed by atoms with Crippen molar-refractivity contribution < 1.29 is 9.00 Å². The second-order valence-corrected chi connectivity index (χ2v) is 6.75. The van der Waals surface area contributed by atoms with E-state index in [0.29, 0.717) is 4.90 Å². The maximum absolute atomic E-state index is 12.9. The van der Waals surface area contributed by atoms with Gasteiger partial charge in [0, 0.05) is 16.5 Å². The van der Waals surface area contributed by atoms with Gasteiger partial charge < -0.3 is 0 Å². The fourth-order valence-corrected chi connectivity index (χ4v) is 3.70. The number of benzene rings is 2. The second-order valence-electron chi connectivity index (χ2n) is 5.30. The van der Waals surface area contributed by atoms with E-state index in [1.165, 1.54) is 6.08 Å². The van der Waals surface area contributed by atoms with Crippen LogP contribution >= 0.6 is 0 Å². The molecule has 0 aliphatic rings. The molecule has 4 heteroatoms. The highest BCUT2D eigenvalue weighted by molar-refractivity contribution is 7.85. The summed E-state index contributed by atoms with van der Waals surface area (Å²) in [6, 6.07) is 15.2. The van der Waals surface area contributed by atoms with Gasteiger partial charge in [-0.15, -0.1) is 0 Å². The van der Waals surface area contributed by atoms with E-state index in [-0.39, 0.29) is 5.91 Å². The summed E-state index contributed by atoms with van der Waals surface area (Å²) in [6.07, 6.45) is 4.89. The predicted octanol–water partition coefficient (Wildman–Crippen LogP) is 4.33. The SMILES string of the molecule is C/C=C/C(=O)n1cc([S@@](=O)c2ccc(C)cc2)c2ccccc21. The number of rotatable bonds is 3. The molecule has 1 aromatic heterocycles. The van der Waals surface area contributed by atoms with Gasteiger partial charge in [0.2, 0.25) is 0 Å². The molecule has 0 unspecified atom stereocenters. The highest BCUT2D eigenvalue weighted by Gasteiger charge is 2.17. The van der Waals surface area contributed by atoms with Gasteiger partial charge >= 0.3 is 0 Å². The van der Waals surface area contributed by atoms with E-state index in [9.17, 15) is 9.00 Å². The molecule has 0 aliphatic carbocycles. The van der Waals surface area contributed by atoms with Crippen molar-refractivity contribution >= 4 is 27.6 Å². The first kappa shape index (κ1) is 15.4. The van der Waals surface area contributed by atoms with Crippen molar-refractivity contribution in [3.05, 3.63) is 72.4 Å². The zero-order valence-electron chi connectivity index (χ0n) is 13.0. The van der Waals surface area contributed by atoms with E-state index in [0.717, 1.165) is 21.4 Å². The first-order valence-corrected chi connectivity index (χ1v) is 8.52. The summed E-state index contributed by atoms with van der Waals surface area (Å²) in [5.41, 5.74) is 1.89. The summed E-state index contributed by atoms with van der Waals surface area (Å²) >= 11 is 0. The third-order valence-electron chi connectivity index (χ3n) is 3.66. The fourth-order valence-electron chi connectivity index (χ4n) is 2.49. The van der Waals surface area contributed by atoms with E-state index in [4.69, 9.17) is 0 Å². The average Bonchev–Trinajstić information content (AvgIpc) is 2.95. The third kappa shape index (κ3) is 2.90. The highest BCUT2D eigenvalue weighted by atomic mass is 32.2. The van der Waals surface area contributed by atoms with Crippen molar-refractivity contribution in [1.29, 1.82) is 0 Å². The molecule has 0 saturated heterocycles. The maximum atomic E-state index is 12.9.